The molecule has 0 unspecified atom stereocenters. The highest BCUT2D eigenvalue weighted by molar-refractivity contribution is 5.32. The molecule has 0 spiro atoms. The van der Waals surface area contributed by atoms with Gasteiger partial charge in [0, 0.05) is 18.2 Å². The summed E-state index contributed by atoms with van der Waals surface area (Å²) in [7, 11) is 0. The molecule has 0 saturated carbocycles. The van der Waals surface area contributed by atoms with Crippen molar-refractivity contribution in [3.05, 3.63) is 23.4 Å². The van der Waals surface area contributed by atoms with Crippen molar-refractivity contribution in [3.63, 3.8) is 0 Å². The lowest BCUT2D eigenvalue weighted by molar-refractivity contribution is 0.345. The lowest BCUT2D eigenvalue weighted by Crippen LogP contribution is -1.87. The Hall–Kier alpha value is -1.05. The van der Waals surface area contributed by atoms with Gasteiger partial charge >= 0.3 is 0 Å². The van der Waals surface area contributed by atoms with Crippen LogP contribution < -0.4 is 4.74 Å². The molecule has 0 N–H and O–H groups in total. The average molecular weight is 195 g/mol. The second-order valence-electron chi connectivity index (χ2n) is 2.58. The minimum Gasteiger partial charge on any atom is -0.477 e. The van der Waals surface area contributed by atoms with Crippen molar-refractivity contribution in [2.45, 2.75) is 41.0 Å². The van der Waals surface area contributed by atoms with Crippen molar-refractivity contribution in [3.8, 4) is 5.88 Å². The Bertz CT molecular complexity index is 258. The highest BCUT2D eigenvalue weighted by Gasteiger charge is 2.11. The van der Waals surface area contributed by atoms with Gasteiger partial charge in [0.1, 0.15) is 0 Å². The quantitative estimate of drug-likeness (QED) is 0.633. The first-order valence-corrected chi connectivity index (χ1v) is 5.44. The number of ether oxygens (including phenoxy) is 1. The van der Waals surface area contributed by atoms with Crippen LogP contribution in [0.25, 0.3) is 0 Å². The van der Waals surface area contributed by atoms with Gasteiger partial charge in [-0.1, -0.05) is 27.7 Å². The maximum atomic E-state index is 5.24. The van der Waals surface area contributed by atoms with Gasteiger partial charge in [0.15, 0.2) is 0 Å². The number of hydrogen-bond donors (Lipinski definition) is 0. The molecule has 80 valence electrons. The molecule has 1 aromatic heterocycles. The van der Waals surface area contributed by atoms with E-state index < -0.39 is 0 Å². The summed E-state index contributed by atoms with van der Waals surface area (Å²) in [6.07, 6.45) is 2.86. The Labute approximate surface area is 87.3 Å². The third kappa shape index (κ3) is 3.36. The largest absolute Gasteiger partial charge is 0.477 e. The highest BCUT2D eigenvalue weighted by atomic mass is 16.5. The van der Waals surface area contributed by atoms with Crippen molar-refractivity contribution in [1.29, 1.82) is 0 Å². The lowest BCUT2D eigenvalue weighted by atomic mass is 10.2. The molecular weight excluding hydrogens is 174 g/mol. The van der Waals surface area contributed by atoms with E-state index in [2.05, 4.69) is 11.1 Å². The van der Waals surface area contributed by atoms with Crippen molar-refractivity contribution in [2.24, 2.45) is 0 Å². The minimum atomic E-state index is 0.797. The number of pyridine rings is 1. The molecule has 2 heteroatoms. The van der Waals surface area contributed by atoms with E-state index in [0.717, 1.165) is 18.9 Å². The summed E-state index contributed by atoms with van der Waals surface area (Å²) < 4.78 is 5.24. The van der Waals surface area contributed by atoms with Crippen LogP contribution in [0.2, 0.25) is 0 Å². The van der Waals surface area contributed by atoms with Gasteiger partial charge in [-0.3, -0.25) is 0 Å². The van der Waals surface area contributed by atoms with E-state index in [0.29, 0.717) is 0 Å². The van der Waals surface area contributed by atoms with Crippen LogP contribution >= 0.6 is 0 Å². The Morgan fingerprint density at radius 1 is 1.21 bits per heavy atom. The van der Waals surface area contributed by atoms with Gasteiger partial charge in [0.05, 0.1) is 6.61 Å². The summed E-state index contributed by atoms with van der Waals surface area (Å²) in [4.78, 5) is 4.14. The third-order valence-corrected chi connectivity index (χ3v) is 1.67. The van der Waals surface area contributed by atoms with Gasteiger partial charge in [-0.15, -0.1) is 0 Å². The molecule has 0 bridgehead atoms. The van der Waals surface area contributed by atoms with Crippen LogP contribution in [0.4, 0.5) is 0 Å². The molecule has 0 atom stereocenters. The molecule has 2 rings (SSSR count). The Morgan fingerprint density at radius 3 is 2.50 bits per heavy atom. The smallest absolute Gasteiger partial charge is 0.216 e. The zero-order valence-corrected chi connectivity index (χ0v) is 9.92. The van der Waals surface area contributed by atoms with Crippen LogP contribution in [-0.4, -0.2) is 11.6 Å². The first-order chi connectivity index (χ1) is 6.86. The molecule has 14 heavy (non-hydrogen) atoms. The number of rotatable bonds is 0. The van der Waals surface area contributed by atoms with Gasteiger partial charge in [-0.25, -0.2) is 4.98 Å². The van der Waals surface area contributed by atoms with Crippen LogP contribution in [0.1, 0.15) is 38.8 Å². The van der Waals surface area contributed by atoms with E-state index in [1.54, 1.807) is 0 Å². The number of fused-ring (bicyclic) bond motifs is 1. The van der Waals surface area contributed by atoms with Crippen LogP contribution in [0.3, 0.4) is 0 Å². The molecule has 0 radical (unpaired) electrons. The van der Waals surface area contributed by atoms with Crippen molar-refractivity contribution in [2.75, 3.05) is 6.61 Å². The molecule has 2 nitrogen and oxygen atoms in total. The predicted molar refractivity (Wildman–Crippen MR) is 60.9 cm³/mol. The maximum absolute atomic E-state index is 5.24. The molecule has 0 fully saturated rings. The summed E-state index contributed by atoms with van der Waals surface area (Å²) >= 11 is 0. The normalized spacial score (nSPS) is 11.2. The van der Waals surface area contributed by atoms with Gasteiger partial charge in [0.25, 0.3) is 0 Å². The van der Waals surface area contributed by atoms with Crippen molar-refractivity contribution in [1.82, 2.24) is 4.98 Å². The summed E-state index contributed by atoms with van der Waals surface area (Å²) in [6, 6.07) is 2.13. The summed E-state index contributed by atoms with van der Waals surface area (Å²) in [5.74, 6) is 0.825. The number of hydrogen-bond acceptors (Lipinski definition) is 2. The molecule has 2 heterocycles. The average Bonchev–Trinajstić information content (AvgIpc) is 2.71. The SMILES string of the molecule is CC.CC.Cc1cnc2c(c1)CCO2. The monoisotopic (exact) mass is 195 g/mol. The second kappa shape index (κ2) is 7.36. The van der Waals surface area contributed by atoms with E-state index in [9.17, 15) is 0 Å². The van der Waals surface area contributed by atoms with Crippen LogP contribution in [0.15, 0.2) is 12.3 Å². The molecule has 0 amide bonds. The van der Waals surface area contributed by atoms with Crippen LogP contribution in [0.5, 0.6) is 5.88 Å². The molecular formula is C12H21NO. The maximum Gasteiger partial charge on any atom is 0.216 e. The highest BCUT2D eigenvalue weighted by Crippen LogP contribution is 2.21. The zero-order chi connectivity index (χ0) is 11.0. The van der Waals surface area contributed by atoms with Gasteiger partial charge in [-0.2, -0.15) is 0 Å². The van der Waals surface area contributed by atoms with Gasteiger partial charge in [-0.05, 0) is 18.6 Å². The number of nitrogens with zero attached hydrogens (tertiary/aromatic N) is 1. The molecule has 0 saturated heterocycles. The molecule has 1 aliphatic rings. The van der Waals surface area contributed by atoms with E-state index >= 15 is 0 Å². The van der Waals surface area contributed by atoms with Crippen LogP contribution in [-0.2, 0) is 6.42 Å². The van der Waals surface area contributed by atoms with Crippen LogP contribution in [0, 0.1) is 6.92 Å². The Balaban J connectivity index is 0.000000379. The summed E-state index contributed by atoms with van der Waals surface area (Å²) in [5.41, 5.74) is 2.46. The van der Waals surface area contributed by atoms with Crippen molar-refractivity contribution < 1.29 is 4.74 Å². The second-order valence-corrected chi connectivity index (χ2v) is 2.58. The zero-order valence-electron chi connectivity index (χ0n) is 9.92. The summed E-state index contributed by atoms with van der Waals surface area (Å²) in [5, 5.41) is 0. The van der Waals surface area contributed by atoms with Crippen molar-refractivity contribution >= 4 is 0 Å². The van der Waals surface area contributed by atoms with Gasteiger partial charge < -0.3 is 4.74 Å². The molecule has 0 aromatic carbocycles. The van der Waals surface area contributed by atoms with E-state index in [1.807, 2.05) is 40.8 Å². The number of aromatic nitrogens is 1. The van der Waals surface area contributed by atoms with E-state index in [-0.39, 0.29) is 0 Å². The Morgan fingerprint density at radius 2 is 1.86 bits per heavy atom. The first kappa shape index (κ1) is 12.9. The fraction of sp³-hybridized carbons (Fsp3) is 0.583. The molecule has 1 aromatic rings. The third-order valence-electron chi connectivity index (χ3n) is 1.67. The van der Waals surface area contributed by atoms with E-state index in [4.69, 9.17) is 4.74 Å². The van der Waals surface area contributed by atoms with E-state index in [1.165, 1.54) is 11.1 Å². The molecule has 1 aliphatic heterocycles. The molecule has 0 aliphatic carbocycles. The topological polar surface area (TPSA) is 22.1 Å². The Kier molecular flexibility index (Phi) is 6.81. The predicted octanol–water partition coefficient (Wildman–Crippen LogP) is 3.38. The number of aryl methyl sites for hydroxylation is 1. The lowest BCUT2D eigenvalue weighted by Gasteiger charge is -1.96. The summed E-state index contributed by atoms with van der Waals surface area (Å²) in [6.45, 7) is 10.8. The standard InChI is InChI=1S/C8H9NO.2C2H6/c1-6-4-7-2-3-10-8(7)9-5-6;2*1-2/h4-5H,2-3H2,1H3;2*1-2H3. The first-order valence-electron chi connectivity index (χ1n) is 5.44. The van der Waals surface area contributed by atoms with Gasteiger partial charge in [0.2, 0.25) is 5.88 Å². The fourth-order valence-electron chi connectivity index (χ4n) is 1.18. The fourth-order valence-corrected chi connectivity index (χ4v) is 1.18. The minimum absolute atomic E-state index is 0.797.